The first-order valence-corrected chi connectivity index (χ1v) is 9.74. The van der Waals surface area contributed by atoms with Crippen molar-refractivity contribution >= 4 is 11.8 Å². The number of hydrogen-bond acceptors (Lipinski definition) is 4. The van der Waals surface area contributed by atoms with E-state index in [0.29, 0.717) is 44.2 Å². The van der Waals surface area contributed by atoms with Crippen molar-refractivity contribution in [1.29, 1.82) is 0 Å². The van der Waals surface area contributed by atoms with Gasteiger partial charge in [-0.3, -0.25) is 14.6 Å². The summed E-state index contributed by atoms with van der Waals surface area (Å²) in [5, 5.41) is 0. The Morgan fingerprint density at radius 1 is 1.07 bits per heavy atom. The zero-order valence-electron chi connectivity index (χ0n) is 16.4. The Morgan fingerprint density at radius 3 is 2.55 bits per heavy atom. The lowest BCUT2D eigenvalue weighted by Crippen LogP contribution is -2.39. The molecule has 7 nitrogen and oxygen atoms in total. The van der Waals surface area contributed by atoms with Gasteiger partial charge < -0.3 is 14.4 Å². The normalized spacial score (nSPS) is 13.3. The van der Waals surface area contributed by atoms with Crippen LogP contribution in [0.1, 0.15) is 39.2 Å². The van der Waals surface area contributed by atoms with E-state index in [2.05, 4.69) is 9.97 Å². The third kappa shape index (κ3) is 4.03. The number of nitrogens with zero attached hydrogens (tertiary/aromatic N) is 5. The predicted octanol–water partition coefficient (Wildman–Crippen LogP) is 2.60. The quantitative estimate of drug-likeness (QED) is 0.650. The number of aromatic nitrogens is 3. The third-order valence-corrected chi connectivity index (χ3v) is 5.09. The van der Waals surface area contributed by atoms with Crippen molar-refractivity contribution in [3.8, 4) is 0 Å². The van der Waals surface area contributed by atoms with E-state index in [-0.39, 0.29) is 11.8 Å². The molecule has 0 fully saturated rings. The number of fused-ring (bicyclic) bond motifs is 1. The maximum atomic E-state index is 13.0. The van der Waals surface area contributed by atoms with Gasteiger partial charge in [0.05, 0.1) is 0 Å². The van der Waals surface area contributed by atoms with Gasteiger partial charge >= 0.3 is 0 Å². The van der Waals surface area contributed by atoms with Crippen molar-refractivity contribution < 1.29 is 9.59 Å². The van der Waals surface area contributed by atoms with Crippen LogP contribution in [0.2, 0.25) is 0 Å². The molecule has 0 aliphatic carbocycles. The van der Waals surface area contributed by atoms with Crippen LogP contribution in [-0.4, -0.2) is 49.2 Å². The molecule has 7 heteroatoms. The Labute approximate surface area is 169 Å². The average Bonchev–Trinajstić information content (AvgIpc) is 3.20. The van der Waals surface area contributed by atoms with E-state index in [1.165, 1.54) is 0 Å². The number of rotatable bonds is 6. The number of imidazole rings is 1. The minimum atomic E-state index is -0.173. The second-order valence-electron chi connectivity index (χ2n) is 7.03. The first-order chi connectivity index (χ1) is 14.2. The fourth-order valence-corrected chi connectivity index (χ4v) is 3.48. The minimum absolute atomic E-state index is 0.142. The molecule has 0 N–H and O–H groups in total. The van der Waals surface area contributed by atoms with Gasteiger partial charge in [-0.2, -0.15) is 0 Å². The summed E-state index contributed by atoms with van der Waals surface area (Å²) in [7, 11) is 0. The zero-order valence-corrected chi connectivity index (χ0v) is 16.4. The molecule has 0 saturated carbocycles. The molecule has 0 unspecified atom stereocenters. The number of carbonyl (C=O) groups excluding carboxylic acids is 2. The van der Waals surface area contributed by atoms with Gasteiger partial charge in [-0.15, -0.1) is 0 Å². The molecule has 2 aromatic heterocycles. The number of pyridine rings is 1. The zero-order chi connectivity index (χ0) is 20.2. The van der Waals surface area contributed by atoms with Crippen molar-refractivity contribution in [2.75, 3.05) is 13.1 Å². The maximum absolute atomic E-state index is 13.0. The van der Waals surface area contributed by atoms with Gasteiger partial charge in [0, 0.05) is 51.3 Å². The van der Waals surface area contributed by atoms with Gasteiger partial charge in [0.2, 0.25) is 0 Å². The van der Waals surface area contributed by atoms with Gasteiger partial charge in [-0.1, -0.05) is 30.3 Å². The molecule has 0 spiro atoms. The van der Waals surface area contributed by atoms with E-state index < -0.39 is 0 Å². The molecule has 1 aliphatic rings. The Balaban J connectivity index is 1.50. The van der Waals surface area contributed by atoms with Crippen LogP contribution in [0.25, 0.3) is 0 Å². The predicted molar refractivity (Wildman–Crippen MR) is 108 cm³/mol. The number of amides is 2. The molecule has 4 rings (SSSR count). The molecular weight excluding hydrogens is 366 g/mol. The van der Waals surface area contributed by atoms with E-state index >= 15 is 0 Å². The summed E-state index contributed by atoms with van der Waals surface area (Å²) in [6.07, 6.45) is 5.12. The second-order valence-corrected chi connectivity index (χ2v) is 7.03. The highest BCUT2D eigenvalue weighted by Crippen LogP contribution is 2.17. The largest absolute Gasteiger partial charge is 0.333 e. The van der Waals surface area contributed by atoms with Crippen LogP contribution in [0.15, 0.2) is 61.1 Å². The standard InChI is InChI=1S/C22H23N5O2/c1-2-25(14-18-8-10-23-11-9-18)21(28)19-16-26-12-13-27(22(29)20(26)24-19)15-17-6-4-3-5-7-17/h3-11,16H,2,12-15H2,1H3. The Bertz CT molecular complexity index is 1000. The summed E-state index contributed by atoms with van der Waals surface area (Å²) < 4.78 is 1.79. The molecule has 0 radical (unpaired) electrons. The lowest BCUT2D eigenvalue weighted by atomic mass is 10.2. The van der Waals surface area contributed by atoms with Crippen LogP contribution in [0.5, 0.6) is 0 Å². The number of carbonyl (C=O) groups is 2. The molecular formula is C22H23N5O2. The summed E-state index contributed by atoms with van der Waals surface area (Å²) in [6, 6.07) is 13.7. The highest BCUT2D eigenvalue weighted by Gasteiger charge is 2.29. The van der Waals surface area contributed by atoms with Crippen LogP contribution in [-0.2, 0) is 19.6 Å². The fraction of sp³-hybridized carbons (Fsp3) is 0.273. The van der Waals surface area contributed by atoms with Crippen molar-refractivity contribution in [2.45, 2.75) is 26.6 Å². The van der Waals surface area contributed by atoms with Crippen LogP contribution >= 0.6 is 0 Å². The Morgan fingerprint density at radius 2 is 1.83 bits per heavy atom. The highest BCUT2D eigenvalue weighted by molar-refractivity contribution is 5.96. The molecule has 148 valence electrons. The first-order valence-electron chi connectivity index (χ1n) is 9.74. The summed E-state index contributed by atoms with van der Waals surface area (Å²) in [6.45, 7) is 4.73. The average molecular weight is 389 g/mol. The van der Waals surface area contributed by atoms with E-state index in [0.717, 1.165) is 11.1 Å². The van der Waals surface area contributed by atoms with Gasteiger partial charge in [0.15, 0.2) is 5.82 Å². The summed E-state index contributed by atoms with van der Waals surface area (Å²) in [5.74, 6) is 0.0143. The van der Waals surface area contributed by atoms with E-state index in [4.69, 9.17) is 0 Å². The lowest BCUT2D eigenvalue weighted by molar-refractivity contribution is 0.0683. The van der Waals surface area contributed by atoms with Crippen LogP contribution in [0.4, 0.5) is 0 Å². The van der Waals surface area contributed by atoms with E-state index in [9.17, 15) is 9.59 Å². The van der Waals surface area contributed by atoms with Crippen LogP contribution in [0.3, 0.4) is 0 Å². The van der Waals surface area contributed by atoms with Crippen molar-refractivity contribution in [2.24, 2.45) is 0 Å². The lowest BCUT2D eigenvalue weighted by Gasteiger charge is -2.27. The molecule has 1 aliphatic heterocycles. The summed E-state index contributed by atoms with van der Waals surface area (Å²) in [5.41, 5.74) is 2.39. The van der Waals surface area contributed by atoms with Crippen LogP contribution in [0, 0.1) is 0 Å². The molecule has 0 bridgehead atoms. The molecule has 2 amide bonds. The number of hydrogen-bond donors (Lipinski definition) is 0. The van der Waals surface area contributed by atoms with Gasteiger partial charge in [0.25, 0.3) is 11.8 Å². The monoisotopic (exact) mass is 389 g/mol. The first kappa shape index (κ1) is 18.9. The highest BCUT2D eigenvalue weighted by atomic mass is 16.2. The number of benzene rings is 1. The fourth-order valence-electron chi connectivity index (χ4n) is 3.48. The molecule has 3 heterocycles. The van der Waals surface area contributed by atoms with Gasteiger partial charge in [-0.05, 0) is 30.2 Å². The van der Waals surface area contributed by atoms with Gasteiger partial charge in [0.1, 0.15) is 5.69 Å². The van der Waals surface area contributed by atoms with E-state index in [1.807, 2.05) is 49.4 Å². The topological polar surface area (TPSA) is 71.3 Å². The third-order valence-electron chi connectivity index (χ3n) is 5.09. The maximum Gasteiger partial charge on any atom is 0.290 e. The van der Waals surface area contributed by atoms with Crippen LogP contribution < -0.4 is 0 Å². The minimum Gasteiger partial charge on any atom is -0.333 e. The smallest absolute Gasteiger partial charge is 0.290 e. The Kier molecular flexibility index (Phi) is 5.37. The van der Waals surface area contributed by atoms with Crippen molar-refractivity contribution in [3.05, 3.63) is 83.7 Å². The molecule has 29 heavy (non-hydrogen) atoms. The molecule has 3 aromatic rings. The molecule has 1 aromatic carbocycles. The van der Waals surface area contributed by atoms with Gasteiger partial charge in [-0.25, -0.2) is 4.98 Å². The van der Waals surface area contributed by atoms with Crippen molar-refractivity contribution in [1.82, 2.24) is 24.3 Å². The molecule has 0 atom stereocenters. The summed E-state index contributed by atoms with van der Waals surface area (Å²) >= 11 is 0. The second kappa shape index (κ2) is 8.26. The molecule has 0 saturated heterocycles. The summed E-state index contributed by atoms with van der Waals surface area (Å²) in [4.78, 5) is 37.8. The SMILES string of the molecule is CCN(Cc1ccncc1)C(=O)c1cn2c(n1)C(=O)N(Cc1ccccc1)CC2. The Hall–Kier alpha value is -3.48. The van der Waals surface area contributed by atoms with Crippen molar-refractivity contribution in [3.63, 3.8) is 0 Å². The van der Waals surface area contributed by atoms with E-state index in [1.54, 1.807) is 33.0 Å².